The average molecular weight is 462 g/mol. The van der Waals surface area contributed by atoms with E-state index in [2.05, 4.69) is 49.5 Å². The first kappa shape index (κ1) is 16.7. The fourth-order valence-electron chi connectivity index (χ4n) is 2.37. The van der Waals surface area contributed by atoms with Crippen molar-refractivity contribution in [1.29, 1.82) is 5.26 Å². The van der Waals surface area contributed by atoms with E-state index in [9.17, 15) is 10.1 Å². The van der Waals surface area contributed by atoms with Crippen molar-refractivity contribution in [2.24, 2.45) is 0 Å². The summed E-state index contributed by atoms with van der Waals surface area (Å²) in [6.07, 6.45) is 0. The summed E-state index contributed by atoms with van der Waals surface area (Å²) < 4.78 is 1.87. The smallest absolute Gasteiger partial charge is 0.255 e. The minimum Gasteiger partial charge on any atom is -0.336 e. The lowest BCUT2D eigenvalue weighted by atomic mass is 10.0. The molecular weight excluding hydrogens is 445 g/mol. The molecule has 1 saturated heterocycles. The molecule has 1 fully saturated rings. The third kappa shape index (κ3) is 3.76. The van der Waals surface area contributed by atoms with Crippen molar-refractivity contribution >= 4 is 44.4 Å². The molecule has 0 saturated carbocycles. The first-order valence-electron chi connectivity index (χ1n) is 6.76. The van der Waals surface area contributed by atoms with Crippen molar-refractivity contribution in [2.45, 2.75) is 19.4 Å². The molecule has 1 aromatic rings. The lowest BCUT2D eigenvalue weighted by molar-refractivity contribution is 0.0520. The molecule has 2 rings (SSSR count). The molecule has 0 N–H and O–H groups in total. The van der Waals surface area contributed by atoms with Crippen molar-refractivity contribution in [3.63, 3.8) is 0 Å². The second kappa shape index (κ2) is 6.63. The predicted molar refractivity (Wildman–Crippen MR) is 94.0 cm³/mol. The molecule has 0 spiro atoms. The highest BCUT2D eigenvalue weighted by atomic mass is 127. The second-order valence-electron chi connectivity index (χ2n) is 5.57. The van der Waals surface area contributed by atoms with Crippen molar-refractivity contribution in [3.05, 3.63) is 31.8 Å². The maximum atomic E-state index is 12.6. The van der Waals surface area contributed by atoms with Crippen LogP contribution in [0.2, 0.25) is 0 Å². The molecule has 0 bridgehead atoms. The molecule has 0 unspecified atom stereocenters. The Balaban J connectivity index is 2.07. The highest BCUT2D eigenvalue weighted by Gasteiger charge is 2.31. The number of nitriles is 1. The fraction of sp³-hybridized carbons (Fsp3) is 0.467. The minimum atomic E-state index is -0.474. The quantitative estimate of drug-likeness (QED) is 0.636. The summed E-state index contributed by atoms with van der Waals surface area (Å²) in [5.41, 5.74) is 0.229. The van der Waals surface area contributed by atoms with Gasteiger partial charge in [0.2, 0.25) is 0 Å². The molecule has 112 valence electrons. The van der Waals surface area contributed by atoms with Gasteiger partial charge in [-0.25, -0.2) is 0 Å². The molecule has 0 aromatic heterocycles. The van der Waals surface area contributed by atoms with Crippen LogP contribution in [0, 0.1) is 14.9 Å². The first-order valence-corrected chi connectivity index (χ1v) is 8.63. The Labute approximate surface area is 147 Å². The molecular formula is C15H17BrIN3O. The normalized spacial score (nSPS) is 16.6. The third-order valence-electron chi connectivity index (χ3n) is 3.79. The SMILES string of the molecule is CC(C)(C#N)N1CCN(C(=O)c2cc(I)ccc2Br)CC1. The van der Waals surface area contributed by atoms with Crippen molar-refractivity contribution in [2.75, 3.05) is 26.2 Å². The molecule has 21 heavy (non-hydrogen) atoms. The standard InChI is InChI=1S/C15H17BrIN3O/c1-15(2,10-18)20-7-5-19(6-8-20)14(21)12-9-11(17)3-4-13(12)16/h3-4,9H,5-8H2,1-2H3. The van der Waals surface area contributed by atoms with Gasteiger partial charge in [0.15, 0.2) is 0 Å². The largest absolute Gasteiger partial charge is 0.336 e. The van der Waals surface area contributed by atoms with E-state index >= 15 is 0 Å². The predicted octanol–water partition coefficient (Wildman–Crippen LogP) is 3.11. The van der Waals surface area contributed by atoms with Gasteiger partial charge in [0.25, 0.3) is 5.91 Å². The molecule has 6 heteroatoms. The van der Waals surface area contributed by atoms with Gasteiger partial charge in [-0.15, -0.1) is 0 Å². The summed E-state index contributed by atoms with van der Waals surface area (Å²) in [6, 6.07) is 8.09. The molecule has 1 amide bonds. The lowest BCUT2D eigenvalue weighted by Crippen LogP contribution is -2.55. The van der Waals surface area contributed by atoms with Crippen molar-refractivity contribution in [3.8, 4) is 6.07 Å². The number of amides is 1. The minimum absolute atomic E-state index is 0.0507. The summed E-state index contributed by atoms with van der Waals surface area (Å²) in [7, 11) is 0. The van der Waals surface area contributed by atoms with E-state index in [1.54, 1.807) is 0 Å². The Kier molecular flexibility index (Phi) is 5.28. The molecule has 1 aliphatic rings. The van der Waals surface area contributed by atoms with E-state index in [0.717, 1.165) is 21.1 Å². The summed E-state index contributed by atoms with van der Waals surface area (Å²) in [5.74, 6) is 0.0507. The number of piperazine rings is 1. The van der Waals surface area contributed by atoms with E-state index in [-0.39, 0.29) is 5.91 Å². The zero-order chi connectivity index (χ0) is 15.6. The summed E-state index contributed by atoms with van der Waals surface area (Å²) in [6.45, 7) is 6.60. The van der Waals surface area contributed by atoms with Crippen molar-refractivity contribution in [1.82, 2.24) is 9.80 Å². The molecule has 0 aliphatic carbocycles. The molecule has 0 atom stereocenters. The van der Waals surface area contributed by atoms with Crippen LogP contribution in [0.15, 0.2) is 22.7 Å². The van der Waals surface area contributed by atoms with E-state index < -0.39 is 5.54 Å². The number of hydrogen-bond donors (Lipinski definition) is 0. The highest BCUT2D eigenvalue weighted by Crippen LogP contribution is 2.23. The van der Waals surface area contributed by atoms with Crippen molar-refractivity contribution < 1.29 is 4.79 Å². The molecule has 1 heterocycles. The summed E-state index contributed by atoms with van der Waals surface area (Å²) in [4.78, 5) is 16.6. The zero-order valence-electron chi connectivity index (χ0n) is 12.1. The van der Waals surface area contributed by atoms with Gasteiger partial charge in [-0.1, -0.05) is 0 Å². The molecule has 1 aliphatic heterocycles. The number of benzene rings is 1. The average Bonchev–Trinajstić information content (AvgIpc) is 2.49. The maximum absolute atomic E-state index is 12.6. The topological polar surface area (TPSA) is 47.3 Å². The maximum Gasteiger partial charge on any atom is 0.255 e. The van der Waals surface area contributed by atoms with Gasteiger partial charge in [-0.05, 0) is 70.6 Å². The highest BCUT2D eigenvalue weighted by molar-refractivity contribution is 14.1. The Bertz CT molecular complexity index is 589. The Morgan fingerprint density at radius 1 is 1.33 bits per heavy atom. The molecule has 1 aromatic carbocycles. The molecule has 4 nitrogen and oxygen atoms in total. The van der Waals surface area contributed by atoms with E-state index in [1.807, 2.05) is 36.9 Å². The van der Waals surface area contributed by atoms with Crippen LogP contribution < -0.4 is 0 Å². The number of rotatable bonds is 2. The van der Waals surface area contributed by atoms with Crippen LogP contribution in [-0.4, -0.2) is 47.4 Å². The number of hydrogen-bond acceptors (Lipinski definition) is 3. The van der Waals surface area contributed by atoms with Crippen LogP contribution >= 0.6 is 38.5 Å². The van der Waals surface area contributed by atoms with Crippen LogP contribution in [0.25, 0.3) is 0 Å². The Morgan fingerprint density at radius 3 is 2.52 bits per heavy atom. The van der Waals surface area contributed by atoms with Gasteiger partial charge in [0, 0.05) is 34.2 Å². The zero-order valence-corrected chi connectivity index (χ0v) is 15.8. The third-order valence-corrected chi connectivity index (χ3v) is 5.15. The van der Waals surface area contributed by atoms with Crippen LogP contribution in [0.3, 0.4) is 0 Å². The van der Waals surface area contributed by atoms with E-state index in [1.165, 1.54) is 0 Å². The fourth-order valence-corrected chi connectivity index (χ4v) is 3.28. The van der Waals surface area contributed by atoms with Crippen LogP contribution in [-0.2, 0) is 0 Å². The Morgan fingerprint density at radius 2 is 1.95 bits per heavy atom. The number of nitrogens with zero attached hydrogens (tertiary/aromatic N) is 3. The van der Waals surface area contributed by atoms with Gasteiger partial charge < -0.3 is 4.90 Å². The van der Waals surface area contributed by atoms with Gasteiger partial charge in [-0.3, -0.25) is 9.69 Å². The van der Waals surface area contributed by atoms with Gasteiger partial charge >= 0.3 is 0 Å². The summed E-state index contributed by atoms with van der Waals surface area (Å²) >= 11 is 5.66. The van der Waals surface area contributed by atoms with Gasteiger partial charge in [-0.2, -0.15) is 5.26 Å². The molecule has 0 radical (unpaired) electrons. The summed E-state index contributed by atoms with van der Waals surface area (Å²) in [5, 5.41) is 9.19. The van der Waals surface area contributed by atoms with Gasteiger partial charge in [0.1, 0.15) is 5.54 Å². The first-order chi connectivity index (χ1) is 9.85. The second-order valence-corrected chi connectivity index (χ2v) is 7.67. The van der Waals surface area contributed by atoms with Gasteiger partial charge in [0.05, 0.1) is 11.6 Å². The lowest BCUT2D eigenvalue weighted by Gasteiger charge is -2.40. The van der Waals surface area contributed by atoms with Crippen LogP contribution in [0.5, 0.6) is 0 Å². The van der Waals surface area contributed by atoms with Crippen LogP contribution in [0.4, 0.5) is 0 Å². The Hall–Kier alpha value is -0.650. The number of carbonyl (C=O) groups excluding carboxylic acids is 1. The van der Waals surface area contributed by atoms with E-state index in [0.29, 0.717) is 18.7 Å². The van der Waals surface area contributed by atoms with Crippen LogP contribution in [0.1, 0.15) is 24.2 Å². The van der Waals surface area contributed by atoms with E-state index in [4.69, 9.17) is 0 Å². The monoisotopic (exact) mass is 461 g/mol. The number of halogens is 2. The number of carbonyl (C=O) groups is 1.